The Morgan fingerprint density at radius 3 is 2.27 bits per heavy atom. The van der Waals surface area contributed by atoms with E-state index in [4.69, 9.17) is 0 Å². The molecule has 2 aromatic carbocycles. The summed E-state index contributed by atoms with van der Waals surface area (Å²) in [6, 6.07) is 25.6. The smallest absolute Gasteiger partial charge is 0.254 e. The van der Waals surface area contributed by atoms with Crippen molar-refractivity contribution in [1.29, 1.82) is 0 Å². The second-order valence-electron chi connectivity index (χ2n) is 5.95. The Morgan fingerprint density at radius 1 is 0.885 bits per heavy atom. The number of aromatic nitrogens is 1. The summed E-state index contributed by atoms with van der Waals surface area (Å²) in [5.41, 5.74) is 1.88. The van der Waals surface area contributed by atoms with Crippen LogP contribution in [0.15, 0.2) is 90.1 Å². The van der Waals surface area contributed by atoms with Crippen molar-refractivity contribution in [3.63, 3.8) is 0 Å². The first-order valence-electron chi connectivity index (χ1n) is 8.75. The van der Waals surface area contributed by atoms with Gasteiger partial charge in [-0.05, 0) is 36.2 Å². The van der Waals surface area contributed by atoms with Crippen LogP contribution in [-0.2, 0) is 6.54 Å². The second-order valence-corrected chi connectivity index (χ2v) is 7.06. The van der Waals surface area contributed by atoms with E-state index in [-0.39, 0.29) is 5.91 Å². The van der Waals surface area contributed by atoms with Crippen LogP contribution in [0.25, 0.3) is 0 Å². The molecule has 1 amide bonds. The van der Waals surface area contributed by atoms with Gasteiger partial charge in [0.25, 0.3) is 5.91 Å². The van der Waals surface area contributed by atoms with E-state index in [0.29, 0.717) is 6.54 Å². The van der Waals surface area contributed by atoms with E-state index in [9.17, 15) is 4.79 Å². The molecule has 0 atom stereocenters. The van der Waals surface area contributed by atoms with Gasteiger partial charge in [0.05, 0.1) is 5.03 Å². The number of thioether (sulfide) groups is 1. The van der Waals surface area contributed by atoms with Crippen LogP contribution in [0, 0.1) is 0 Å². The van der Waals surface area contributed by atoms with Gasteiger partial charge in [-0.15, -0.1) is 11.8 Å². The maximum atomic E-state index is 12.9. The molecule has 0 fully saturated rings. The minimum Gasteiger partial charge on any atom is -0.334 e. The minimum atomic E-state index is 0.0808. The number of nitrogens with zero attached hydrogens (tertiary/aromatic N) is 2. The van der Waals surface area contributed by atoms with Gasteiger partial charge in [-0.3, -0.25) is 4.79 Å². The molecule has 0 aliphatic rings. The Kier molecular flexibility index (Phi) is 6.85. The van der Waals surface area contributed by atoms with E-state index in [1.165, 1.54) is 0 Å². The lowest BCUT2D eigenvalue weighted by Gasteiger charge is -2.23. The van der Waals surface area contributed by atoms with Crippen molar-refractivity contribution in [1.82, 2.24) is 9.88 Å². The summed E-state index contributed by atoms with van der Waals surface area (Å²) in [4.78, 5) is 19.2. The summed E-state index contributed by atoms with van der Waals surface area (Å²) >= 11 is 1.73. The fourth-order valence-corrected chi connectivity index (χ4v) is 3.48. The van der Waals surface area contributed by atoms with Crippen molar-refractivity contribution >= 4 is 17.7 Å². The number of carbonyl (C=O) groups is 1. The van der Waals surface area contributed by atoms with Crippen molar-refractivity contribution in [3.05, 3.63) is 96.2 Å². The number of rotatable bonds is 8. The normalized spacial score (nSPS) is 10.5. The summed E-state index contributed by atoms with van der Waals surface area (Å²) in [5.74, 6) is 1.02. The molecular formula is C22H22N2OS. The Labute approximate surface area is 159 Å². The molecule has 0 aliphatic carbocycles. The zero-order valence-electron chi connectivity index (χ0n) is 14.6. The first-order valence-corrected chi connectivity index (χ1v) is 9.73. The predicted molar refractivity (Wildman–Crippen MR) is 107 cm³/mol. The lowest BCUT2D eigenvalue weighted by molar-refractivity contribution is 0.0743. The number of amides is 1. The van der Waals surface area contributed by atoms with Gasteiger partial charge in [0.15, 0.2) is 0 Å². The monoisotopic (exact) mass is 362 g/mol. The molecule has 0 spiro atoms. The molecular weight excluding hydrogens is 340 g/mol. The standard InChI is InChI=1S/C22H22N2OS/c25-22(20-12-5-2-6-13-20)24(18-19-10-3-1-4-11-19)16-9-17-26-21-14-7-8-15-23-21/h1-8,10-15H,9,16-18H2. The van der Waals surface area contributed by atoms with Crippen molar-refractivity contribution in [2.45, 2.75) is 18.0 Å². The van der Waals surface area contributed by atoms with E-state index in [1.807, 2.05) is 77.8 Å². The first kappa shape index (κ1) is 18.2. The molecule has 0 aliphatic heterocycles. The van der Waals surface area contributed by atoms with Gasteiger partial charge in [-0.2, -0.15) is 0 Å². The SMILES string of the molecule is O=C(c1ccccc1)N(CCCSc1ccccn1)Cc1ccccc1. The van der Waals surface area contributed by atoms with Crippen LogP contribution in [0.3, 0.4) is 0 Å². The van der Waals surface area contributed by atoms with Crippen molar-refractivity contribution < 1.29 is 4.79 Å². The largest absolute Gasteiger partial charge is 0.334 e. The summed E-state index contributed by atoms with van der Waals surface area (Å²) in [5, 5.41) is 1.02. The van der Waals surface area contributed by atoms with Crippen LogP contribution in [0.1, 0.15) is 22.3 Å². The predicted octanol–water partition coefficient (Wildman–Crippen LogP) is 4.91. The van der Waals surface area contributed by atoms with Crippen LogP contribution in [0.4, 0.5) is 0 Å². The van der Waals surface area contributed by atoms with Crippen molar-refractivity contribution in [3.8, 4) is 0 Å². The van der Waals surface area contributed by atoms with Crippen molar-refractivity contribution in [2.75, 3.05) is 12.3 Å². The van der Waals surface area contributed by atoms with Gasteiger partial charge in [-0.1, -0.05) is 54.6 Å². The van der Waals surface area contributed by atoms with Crippen LogP contribution in [0.2, 0.25) is 0 Å². The summed E-state index contributed by atoms with van der Waals surface area (Å²) < 4.78 is 0. The highest BCUT2D eigenvalue weighted by molar-refractivity contribution is 7.99. The Morgan fingerprint density at radius 2 is 1.58 bits per heavy atom. The van der Waals surface area contributed by atoms with Crippen molar-refractivity contribution in [2.24, 2.45) is 0 Å². The fraction of sp³-hybridized carbons (Fsp3) is 0.182. The third-order valence-electron chi connectivity index (χ3n) is 3.98. The van der Waals surface area contributed by atoms with Crippen LogP contribution in [0.5, 0.6) is 0 Å². The molecule has 0 radical (unpaired) electrons. The summed E-state index contributed by atoms with van der Waals surface area (Å²) in [7, 11) is 0. The zero-order chi connectivity index (χ0) is 18.0. The number of pyridine rings is 1. The second kappa shape index (κ2) is 9.78. The molecule has 1 heterocycles. The Bertz CT molecular complexity index is 794. The van der Waals surface area contributed by atoms with Crippen LogP contribution < -0.4 is 0 Å². The summed E-state index contributed by atoms with van der Waals surface area (Å²) in [6.07, 6.45) is 2.73. The molecule has 3 aromatic rings. The number of hydrogen-bond donors (Lipinski definition) is 0. The number of carbonyl (C=O) groups excluding carboxylic acids is 1. The lowest BCUT2D eigenvalue weighted by atomic mass is 10.1. The zero-order valence-corrected chi connectivity index (χ0v) is 15.4. The highest BCUT2D eigenvalue weighted by atomic mass is 32.2. The molecule has 0 unspecified atom stereocenters. The molecule has 4 heteroatoms. The first-order chi connectivity index (χ1) is 12.8. The highest BCUT2D eigenvalue weighted by Crippen LogP contribution is 2.16. The molecule has 26 heavy (non-hydrogen) atoms. The molecule has 3 rings (SSSR count). The molecule has 1 aromatic heterocycles. The average molecular weight is 362 g/mol. The fourth-order valence-electron chi connectivity index (χ4n) is 2.68. The van der Waals surface area contributed by atoms with Gasteiger partial charge in [0.1, 0.15) is 0 Å². The van der Waals surface area contributed by atoms with Gasteiger partial charge in [0, 0.05) is 30.6 Å². The van der Waals surface area contributed by atoms with E-state index < -0.39 is 0 Å². The number of hydrogen-bond acceptors (Lipinski definition) is 3. The van der Waals surface area contributed by atoms with Crippen LogP contribution in [-0.4, -0.2) is 28.1 Å². The summed E-state index contributed by atoms with van der Waals surface area (Å²) in [6.45, 7) is 1.35. The Balaban J connectivity index is 1.61. The molecule has 0 saturated heterocycles. The quantitative estimate of drug-likeness (QED) is 0.422. The third-order valence-corrected chi connectivity index (χ3v) is 5.01. The number of benzene rings is 2. The molecule has 0 saturated carbocycles. The lowest BCUT2D eigenvalue weighted by Crippen LogP contribution is -2.31. The molecule has 0 N–H and O–H groups in total. The maximum absolute atomic E-state index is 12.9. The van der Waals surface area contributed by atoms with E-state index >= 15 is 0 Å². The van der Waals surface area contributed by atoms with Crippen LogP contribution >= 0.6 is 11.8 Å². The Hall–Kier alpha value is -2.59. The van der Waals surface area contributed by atoms with E-state index in [0.717, 1.165) is 34.9 Å². The molecule has 132 valence electrons. The van der Waals surface area contributed by atoms with Gasteiger partial charge >= 0.3 is 0 Å². The van der Waals surface area contributed by atoms with E-state index in [1.54, 1.807) is 11.8 Å². The minimum absolute atomic E-state index is 0.0808. The molecule has 0 bridgehead atoms. The average Bonchev–Trinajstić information content (AvgIpc) is 2.72. The highest BCUT2D eigenvalue weighted by Gasteiger charge is 2.15. The third kappa shape index (κ3) is 5.46. The molecule has 3 nitrogen and oxygen atoms in total. The topological polar surface area (TPSA) is 33.2 Å². The van der Waals surface area contributed by atoms with Gasteiger partial charge < -0.3 is 4.90 Å². The van der Waals surface area contributed by atoms with E-state index in [2.05, 4.69) is 17.1 Å². The van der Waals surface area contributed by atoms with Gasteiger partial charge in [0.2, 0.25) is 0 Å². The van der Waals surface area contributed by atoms with Gasteiger partial charge in [-0.25, -0.2) is 4.98 Å². The maximum Gasteiger partial charge on any atom is 0.254 e.